The standard InChI is InChI=1S/C19H23N3O3/c23-18(20-9-4-10-22-11-13-25-14-12-22)19(24)21-17-8-3-6-15-5-1-2-7-16(15)17/h1-3,5-8H,4,9-14H2,(H,20,23)(H,21,24). The topological polar surface area (TPSA) is 70.7 Å². The van der Waals surface area contributed by atoms with E-state index in [0.717, 1.165) is 50.0 Å². The maximum atomic E-state index is 12.1. The summed E-state index contributed by atoms with van der Waals surface area (Å²) in [6.07, 6.45) is 0.813. The maximum absolute atomic E-state index is 12.1. The number of morpholine rings is 1. The van der Waals surface area contributed by atoms with Gasteiger partial charge in [0.25, 0.3) is 0 Å². The Kier molecular flexibility index (Phi) is 5.98. The first-order valence-electron chi connectivity index (χ1n) is 8.61. The van der Waals surface area contributed by atoms with Crippen LogP contribution < -0.4 is 10.6 Å². The Morgan fingerprint density at radius 1 is 1.00 bits per heavy atom. The molecule has 0 aromatic heterocycles. The van der Waals surface area contributed by atoms with E-state index in [2.05, 4.69) is 15.5 Å². The van der Waals surface area contributed by atoms with Crippen molar-refractivity contribution in [3.05, 3.63) is 42.5 Å². The predicted molar refractivity (Wildman–Crippen MR) is 97.5 cm³/mol. The molecule has 0 unspecified atom stereocenters. The van der Waals surface area contributed by atoms with Gasteiger partial charge in [0.2, 0.25) is 0 Å². The third kappa shape index (κ3) is 4.78. The van der Waals surface area contributed by atoms with E-state index in [1.807, 2.05) is 36.4 Å². The van der Waals surface area contributed by atoms with Gasteiger partial charge in [0, 0.05) is 30.7 Å². The van der Waals surface area contributed by atoms with Gasteiger partial charge in [-0.1, -0.05) is 36.4 Å². The van der Waals surface area contributed by atoms with Crippen molar-refractivity contribution < 1.29 is 14.3 Å². The van der Waals surface area contributed by atoms with Crippen molar-refractivity contribution in [3.8, 4) is 0 Å². The van der Waals surface area contributed by atoms with E-state index in [4.69, 9.17) is 4.74 Å². The highest BCUT2D eigenvalue weighted by molar-refractivity contribution is 6.40. The summed E-state index contributed by atoms with van der Waals surface area (Å²) in [4.78, 5) is 26.4. The molecule has 1 aliphatic heterocycles. The Labute approximate surface area is 147 Å². The van der Waals surface area contributed by atoms with E-state index >= 15 is 0 Å². The highest BCUT2D eigenvalue weighted by Gasteiger charge is 2.15. The average Bonchev–Trinajstić information content (AvgIpc) is 2.66. The van der Waals surface area contributed by atoms with Crippen LogP contribution in [-0.4, -0.2) is 56.1 Å². The Morgan fingerprint density at radius 2 is 1.76 bits per heavy atom. The summed E-state index contributed by atoms with van der Waals surface area (Å²) < 4.78 is 5.30. The van der Waals surface area contributed by atoms with Crippen LogP contribution in [0.1, 0.15) is 6.42 Å². The van der Waals surface area contributed by atoms with Gasteiger partial charge in [0.15, 0.2) is 0 Å². The van der Waals surface area contributed by atoms with Crippen molar-refractivity contribution in [2.45, 2.75) is 6.42 Å². The number of benzene rings is 2. The van der Waals surface area contributed by atoms with Crippen LogP contribution in [0.25, 0.3) is 10.8 Å². The van der Waals surface area contributed by atoms with Crippen molar-refractivity contribution >= 4 is 28.3 Å². The molecule has 25 heavy (non-hydrogen) atoms. The Bertz CT molecular complexity index is 736. The number of hydrogen-bond donors (Lipinski definition) is 2. The highest BCUT2D eigenvalue weighted by atomic mass is 16.5. The number of carbonyl (C=O) groups excluding carboxylic acids is 2. The van der Waals surface area contributed by atoms with Gasteiger partial charge in [0.1, 0.15) is 0 Å². The monoisotopic (exact) mass is 341 g/mol. The molecule has 2 aromatic carbocycles. The van der Waals surface area contributed by atoms with Crippen LogP contribution in [0.5, 0.6) is 0 Å². The molecule has 1 saturated heterocycles. The zero-order valence-electron chi connectivity index (χ0n) is 14.2. The third-order valence-electron chi connectivity index (χ3n) is 4.28. The number of fused-ring (bicyclic) bond motifs is 1. The Balaban J connectivity index is 1.46. The lowest BCUT2D eigenvalue weighted by Gasteiger charge is -2.26. The fourth-order valence-corrected chi connectivity index (χ4v) is 2.92. The summed E-state index contributed by atoms with van der Waals surface area (Å²) in [5, 5.41) is 7.31. The number of nitrogens with zero attached hydrogens (tertiary/aromatic N) is 1. The van der Waals surface area contributed by atoms with Crippen LogP contribution in [0, 0.1) is 0 Å². The van der Waals surface area contributed by atoms with Gasteiger partial charge in [-0.05, 0) is 24.4 Å². The molecule has 1 aliphatic rings. The van der Waals surface area contributed by atoms with Crippen molar-refractivity contribution in [2.75, 3.05) is 44.7 Å². The Hall–Kier alpha value is -2.44. The lowest BCUT2D eigenvalue weighted by atomic mass is 10.1. The van der Waals surface area contributed by atoms with E-state index in [0.29, 0.717) is 12.2 Å². The molecule has 1 fully saturated rings. The normalized spacial score (nSPS) is 15.0. The van der Waals surface area contributed by atoms with Crippen molar-refractivity contribution in [2.24, 2.45) is 0 Å². The molecule has 132 valence electrons. The molecule has 0 spiro atoms. The lowest BCUT2D eigenvalue weighted by molar-refractivity contribution is -0.136. The number of amides is 2. The molecule has 1 heterocycles. The predicted octanol–water partition coefficient (Wildman–Crippen LogP) is 1.62. The van der Waals surface area contributed by atoms with Crippen LogP contribution in [-0.2, 0) is 14.3 Å². The van der Waals surface area contributed by atoms with Crippen molar-refractivity contribution in [3.63, 3.8) is 0 Å². The molecule has 0 aliphatic carbocycles. The van der Waals surface area contributed by atoms with Crippen LogP contribution >= 0.6 is 0 Å². The second-order valence-corrected chi connectivity index (χ2v) is 6.04. The first-order chi connectivity index (χ1) is 12.2. The van der Waals surface area contributed by atoms with Crippen LogP contribution in [0.3, 0.4) is 0 Å². The number of anilines is 1. The smallest absolute Gasteiger partial charge is 0.313 e. The van der Waals surface area contributed by atoms with Gasteiger partial charge < -0.3 is 15.4 Å². The molecule has 2 N–H and O–H groups in total. The summed E-state index contributed by atoms with van der Waals surface area (Å²) in [6.45, 7) is 4.76. The molecule has 2 amide bonds. The summed E-state index contributed by atoms with van der Waals surface area (Å²) >= 11 is 0. The number of nitrogens with one attached hydrogen (secondary N) is 2. The van der Waals surface area contributed by atoms with Crippen LogP contribution in [0.4, 0.5) is 5.69 Å². The van der Waals surface area contributed by atoms with Gasteiger partial charge in [-0.15, -0.1) is 0 Å². The van der Waals surface area contributed by atoms with E-state index in [1.165, 1.54) is 0 Å². The summed E-state index contributed by atoms with van der Waals surface area (Å²) in [5.74, 6) is -1.24. The van der Waals surface area contributed by atoms with Gasteiger partial charge in [0.05, 0.1) is 13.2 Å². The number of hydrogen-bond acceptors (Lipinski definition) is 4. The van der Waals surface area contributed by atoms with Gasteiger partial charge in [-0.3, -0.25) is 14.5 Å². The van der Waals surface area contributed by atoms with Gasteiger partial charge in [-0.25, -0.2) is 0 Å². The molecule has 0 bridgehead atoms. The Morgan fingerprint density at radius 3 is 2.60 bits per heavy atom. The second kappa shape index (κ2) is 8.60. The fraction of sp³-hybridized carbons (Fsp3) is 0.368. The summed E-state index contributed by atoms with van der Waals surface area (Å²) in [7, 11) is 0. The molecule has 3 rings (SSSR count). The molecule has 6 heteroatoms. The molecule has 0 atom stereocenters. The molecular formula is C19H23N3O3. The third-order valence-corrected chi connectivity index (χ3v) is 4.28. The number of ether oxygens (including phenoxy) is 1. The second-order valence-electron chi connectivity index (χ2n) is 6.04. The molecule has 0 saturated carbocycles. The van der Waals surface area contributed by atoms with Crippen LogP contribution in [0.2, 0.25) is 0 Å². The fourth-order valence-electron chi connectivity index (χ4n) is 2.92. The van der Waals surface area contributed by atoms with E-state index in [-0.39, 0.29) is 0 Å². The molecule has 2 aromatic rings. The molecule has 0 radical (unpaired) electrons. The van der Waals surface area contributed by atoms with Crippen LogP contribution in [0.15, 0.2) is 42.5 Å². The first-order valence-corrected chi connectivity index (χ1v) is 8.61. The summed E-state index contributed by atoms with van der Waals surface area (Å²) in [5.41, 5.74) is 0.645. The molecule has 6 nitrogen and oxygen atoms in total. The van der Waals surface area contributed by atoms with Crippen molar-refractivity contribution in [1.29, 1.82) is 0 Å². The van der Waals surface area contributed by atoms with E-state index in [9.17, 15) is 9.59 Å². The average molecular weight is 341 g/mol. The number of carbonyl (C=O) groups is 2. The molecular weight excluding hydrogens is 318 g/mol. The first kappa shape index (κ1) is 17.4. The van der Waals surface area contributed by atoms with Gasteiger partial charge >= 0.3 is 11.8 Å². The zero-order valence-corrected chi connectivity index (χ0v) is 14.2. The van der Waals surface area contributed by atoms with Gasteiger partial charge in [-0.2, -0.15) is 0 Å². The lowest BCUT2D eigenvalue weighted by Crippen LogP contribution is -2.39. The SMILES string of the molecule is O=C(NCCCN1CCOCC1)C(=O)Nc1cccc2ccccc12. The largest absolute Gasteiger partial charge is 0.379 e. The van der Waals surface area contributed by atoms with E-state index in [1.54, 1.807) is 6.07 Å². The minimum Gasteiger partial charge on any atom is -0.379 e. The quantitative estimate of drug-likeness (QED) is 0.640. The number of rotatable bonds is 5. The van der Waals surface area contributed by atoms with Crippen molar-refractivity contribution in [1.82, 2.24) is 10.2 Å². The summed E-state index contributed by atoms with van der Waals surface area (Å²) in [6, 6.07) is 13.4. The minimum absolute atomic E-state index is 0.485. The highest BCUT2D eigenvalue weighted by Crippen LogP contribution is 2.22. The minimum atomic E-state index is -0.636. The maximum Gasteiger partial charge on any atom is 0.313 e. The van der Waals surface area contributed by atoms with E-state index < -0.39 is 11.8 Å². The zero-order chi connectivity index (χ0) is 17.5.